The van der Waals surface area contributed by atoms with E-state index in [0.29, 0.717) is 23.3 Å². The molecular formula is C20H22F2N4O4. The van der Waals surface area contributed by atoms with E-state index in [1.165, 1.54) is 13.2 Å². The highest BCUT2D eigenvalue weighted by molar-refractivity contribution is 5.96. The monoisotopic (exact) mass is 420 g/mol. The van der Waals surface area contributed by atoms with E-state index in [2.05, 4.69) is 20.0 Å². The number of anilines is 1. The van der Waals surface area contributed by atoms with Crippen LogP contribution in [0.25, 0.3) is 11.0 Å². The van der Waals surface area contributed by atoms with Crippen LogP contribution >= 0.6 is 0 Å². The van der Waals surface area contributed by atoms with Crippen LogP contribution in [0, 0.1) is 0 Å². The summed E-state index contributed by atoms with van der Waals surface area (Å²) in [6, 6.07) is 9.22. The summed E-state index contributed by atoms with van der Waals surface area (Å²) in [5.74, 6) is -0.102. The Kier molecular flexibility index (Phi) is 6.36. The first-order chi connectivity index (χ1) is 14.3. The Morgan fingerprint density at radius 1 is 1.13 bits per heavy atom. The predicted octanol–water partition coefficient (Wildman–Crippen LogP) is 2.93. The third-order valence-electron chi connectivity index (χ3n) is 4.70. The molecule has 0 fully saturated rings. The number of aromatic amines is 2. The fourth-order valence-electron chi connectivity index (χ4n) is 2.99. The number of aromatic nitrogens is 2. The molecule has 2 aromatic carbocycles. The molecule has 0 saturated carbocycles. The lowest BCUT2D eigenvalue weighted by Crippen LogP contribution is -2.39. The molecule has 1 aromatic heterocycles. The topological polar surface area (TPSA) is 99.5 Å². The Labute approximate surface area is 170 Å². The summed E-state index contributed by atoms with van der Waals surface area (Å²) in [6.07, 6.45) is 0. The van der Waals surface area contributed by atoms with Crippen LogP contribution in [0.5, 0.6) is 11.5 Å². The molecule has 1 amide bonds. The van der Waals surface area contributed by atoms with Crippen molar-refractivity contribution in [2.24, 2.45) is 0 Å². The molecule has 0 aliphatic rings. The number of likely N-dealkylation sites (N-methyl/N-ethyl adjacent to an activating group) is 1. The number of nitrogens with zero attached hydrogens (tertiary/aromatic N) is 1. The van der Waals surface area contributed by atoms with Gasteiger partial charge in [0.25, 0.3) is 0 Å². The third-order valence-corrected chi connectivity index (χ3v) is 4.70. The molecule has 1 atom stereocenters. The lowest BCUT2D eigenvalue weighted by atomic mass is 10.1. The van der Waals surface area contributed by atoms with Crippen molar-refractivity contribution in [3.8, 4) is 11.5 Å². The summed E-state index contributed by atoms with van der Waals surface area (Å²) < 4.78 is 34.4. The molecular weight excluding hydrogens is 398 g/mol. The van der Waals surface area contributed by atoms with Gasteiger partial charge >= 0.3 is 12.3 Å². The molecule has 10 heteroatoms. The van der Waals surface area contributed by atoms with Crippen molar-refractivity contribution < 1.29 is 23.0 Å². The van der Waals surface area contributed by atoms with Gasteiger partial charge in [-0.3, -0.25) is 9.69 Å². The van der Waals surface area contributed by atoms with Gasteiger partial charge in [-0.25, -0.2) is 4.79 Å². The molecule has 8 nitrogen and oxygen atoms in total. The van der Waals surface area contributed by atoms with E-state index < -0.39 is 12.7 Å². The number of fused-ring (bicyclic) bond motifs is 1. The summed E-state index contributed by atoms with van der Waals surface area (Å²) in [5, 5.41) is 2.82. The Morgan fingerprint density at radius 3 is 2.57 bits per heavy atom. The Balaban J connectivity index is 1.66. The fourth-order valence-corrected chi connectivity index (χ4v) is 2.99. The average Bonchev–Trinajstić information content (AvgIpc) is 3.07. The molecule has 0 radical (unpaired) electrons. The van der Waals surface area contributed by atoms with E-state index in [4.69, 9.17) is 4.74 Å². The van der Waals surface area contributed by atoms with E-state index in [0.717, 1.165) is 5.56 Å². The molecule has 3 aromatic rings. The predicted molar refractivity (Wildman–Crippen MR) is 108 cm³/mol. The largest absolute Gasteiger partial charge is 0.493 e. The summed E-state index contributed by atoms with van der Waals surface area (Å²) in [5.41, 5.74) is 2.25. The summed E-state index contributed by atoms with van der Waals surface area (Å²) in [7, 11) is 3.14. The zero-order chi connectivity index (χ0) is 21.8. The number of H-pyrrole nitrogens is 2. The third kappa shape index (κ3) is 4.95. The molecule has 3 rings (SSSR count). The van der Waals surface area contributed by atoms with Crippen LogP contribution in [-0.2, 0) is 11.3 Å². The van der Waals surface area contributed by atoms with Gasteiger partial charge in [-0.15, -0.1) is 0 Å². The highest BCUT2D eigenvalue weighted by Gasteiger charge is 2.19. The Hall–Kier alpha value is -3.40. The van der Waals surface area contributed by atoms with Crippen LogP contribution in [-0.4, -0.2) is 47.6 Å². The van der Waals surface area contributed by atoms with Crippen LogP contribution in [0.15, 0.2) is 41.2 Å². The van der Waals surface area contributed by atoms with Gasteiger partial charge in [0.05, 0.1) is 24.2 Å². The number of amides is 1. The van der Waals surface area contributed by atoms with E-state index >= 15 is 0 Å². The molecule has 1 heterocycles. The first-order valence-corrected chi connectivity index (χ1v) is 9.11. The second kappa shape index (κ2) is 8.95. The molecule has 0 aliphatic carbocycles. The Bertz CT molecular complexity index is 1100. The van der Waals surface area contributed by atoms with Crippen LogP contribution in [0.4, 0.5) is 14.5 Å². The van der Waals surface area contributed by atoms with Gasteiger partial charge in [-0.1, -0.05) is 6.07 Å². The van der Waals surface area contributed by atoms with E-state index in [-0.39, 0.29) is 23.1 Å². The number of halogens is 2. The summed E-state index contributed by atoms with van der Waals surface area (Å²) in [6.45, 7) is -0.818. The number of imidazole rings is 1. The number of rotatable bonds is 8. The van der Waals surface area contributed by atoms with Gasteiger partial charge in [0.1, 0.15) is 0 Å². The maximum absolute atomic E-state index is 12.6. The number of carbonyl (C=O) groups is 1. The normalized spacial score (nSPS) is 12.4. The number of nitrogens with one attached hydrogen (secondary N) is 3. The lowest BCUT2D eigenvalue weighted by Gasteiger charge is -2.24. The van der Waals surface area contributed by atoms with E-state index in [1.54, 1.807) is 49.2 Å². The van der Waals surface area contributed by atoms with Crippen LogP contribution in [0.3, 0.4) is 0 Å². The van der Waals surface area contributed by atoms with E-state index in [1.807, 2.05) is 0 Å². The van der Waals surface area contributed by atoms with Crippen molar-refractivity contribution in [2.75, 3.05) is 19.5 Å². The number of benzene rings is 2. The smallest absolute Gasteiger partial charge is 0.387 e. The summed E-state index contributed by atoms with van der Waals surface area (Å²) in [4.78, 5) is 31.1. The van der Waals surface area contributed by atoms with Crippen molar-refractivity contribution >= 4 is 22.6 Å². The second-order valence-corrected chi connectivity index (χ2v) is 6.78. The standard InChI is InChI=1S/C20H22F2N4O4/c1-11(18(27)23-13-5-6-14-15(9-13)25-20(28)24-14)26(2)10-12-4-7-16(30-19(21)22)17(8-12)29-3/h4-9,11,19H,10H2,1-3H3,(H,23,27)(H2,24,25,28). The van der Waals surface area contributed by atoms with Crippen molar-refractivity contribution in [1.82, 2.24) is 14.9 Å². The zero-order valence-electron chi connectivity index (χ0n) is 16.7. The quantitative estimate of drug-likeness (QED) is 0.520. The first-order valence-electron chi connectivity index (χ1n) is 9.11. The van der Waals surface area contributed by atoms with Gasteiger partial charge in [0.15, 0.2) is 11.5 Å². The van der Waals surface area contributed by atoms with Gasteiger partial charge < -0.3 is 24.8 Å². The van der Waals surface area contributed by atoms with Gasteiger partial charge in [-0.2, -0.15) is 8.78 Å². The maximum Gasteiger partial charge on any atom is 0.387 e. The molecule has 0 bridgehead atoms. The molecule has 0 spiro atoms. The number of hydrogen-bond acceptors (Lipinski definition) is 5. The van der Waals surface area contributed by atoms with Crippen LogP contribution in [0.1, 0.15) is 12.5 Å². The lowest BCUT2D eigenvalue weighted by molar-refractivity contribution is -0.120. The number of carbonyl (C=O) groups excluding carboxylic acids is 1. The minimum atomic E-state index is -2.94. The van der Waals surface area contributed by atoms with Crippen LogP contribution in [0.2, 0.25) is 0 Å². The zero-order valence-corrected chi connectivity index (χ0v) is 16.7. The number of ether oxygens (including phenoxy) is 2. The first kappa shape index (κ1) is 21.3. The average molecular weight is 420 g/mol. The molecule has 3 N–H and O–H groups in total. The Morgan fingerprint density at radius 2 is 1.87 bits per heavy atom. The molecule has 0 aliphatic heterocycles. The minimum Gasteiger partial charge on any atom is -0.493 e. The van der Waals surface area contributed by atoms with Crippen molar-refractivity contribution in [1.29, 1.82) is 0 Å². The minimum absolute atomic E-state index is 0.0529. The van der Waals surface area contributed by atoms with Crippen molar-refractivity contribution in [2.45, 2.75) is 26.1 Å². The van der Waals surface area contributed by atoms with Gasteiger partial charge in [0, 0.05) is 12.2 Å². The second-order valence-electron chi connectivity index (χ2n) is 6.78. The van der Waals surface area contributed by atoms with Gasteiger partial charge in [-0.05, 0) is 49.9 Å². The van der Waals surface area contributed by atoms with Crippen molar-refractivity contribution in [3.05, 3.63) is 52.4 Å². The van der Waals surface area contributed by atoms with Gasteiger partial charge in [0.2, 0.25) is 5.91 Å². The SMILES string of the molecule is COc1cc(CN(C)C(C)C(=O)Nc2ccc3[nH]c(=O)[nH]c3c2)ccc1OC(F)F. The molecule has 160 valence electrons. The molecule has 1 unspecified atom stereocenters. The van der Waals surface area contributed by atoms with Crippen molar-refractivity contribution in [3.63, 3.8) is 0 Å². The molecule has 0 saturated heterocycles. The molecule has 30 heavy (non-hydrogen) atoms. The number of methoxy groups -OCH3 is 1. The maximum atomic E-state index is 12.6. The highest BCUT2D eigenvalue weighted by atomic mass is 19.3. The summed E-state index contributed by atoms with van der Waals surface area (Å²) >= 11 is 0. The van der Waals surface area contributed by atoms with Crippen LogP contribution < -0.4 is 20.5 Å². The van der Waals surface area contributed by atoms with E-state index in [9.17, 15) is 18.4 Å². The number of alkyl halides is 2. The number of hydrogen-bond donors (Lipinski definition) is 3. The fraction of sp³-hybridized carbons (Fsp3) is 0.300. The highest BCUT2D eigenvalue weighted by Crippen LogP contribution is 2.30.